The Balaban J connectivity index is 0.00000529. The second kappa shape index (κ2) is 9.59. The van der Waals surface area contributed by atoms with Crippen molar-refractivity contribution >= 4 is 39.8 Å². The minimum absolute atomic E-state index is 0. The van der Waals surface area contributed by atoms with Gasteiger partial charge < -0.3 is 10.2 Å². The Morgan fingerprint density at radius 1 is 1.33 bits per heavy atom. The molecule has 24 heavy (non-hydrogen) atoms. The van der Waals surface area contributed by atoms with E-state index >= 15 is 0 Å². The maximum Gasteiger partial charge on any atom is 0.193 e. The van der Waals surface area contributed by atoms with Crippen molar-refractivity contribution in [2.75, 3.05) is 32.4 Å². The molecule has 7 heteroatoms. The summed E-state index contributed by atoms with van der Waals surface area (Å²) in [6.07, 6.45) is 4.84. The van der Waals surface area contributed by atoms with Crippen molar-refractivity contribution in [3.8, 4) is 0 Å². The molecule has 0 amide bonds. The van der Waals surface area contributed by atoms with E-state index in [0.29, 0.717) is 12.0 Å². The molecule has 5 nitrogen and oxygen atoms in total. The summed E-state index contributed by atoms with van der Waals surface area (Å²) in [6.45, 7) is 12.2. The molecule has 1 heterocycles. The molecule has 0 aromatic heterocycles. The first-order valence-corrected chi connectivity index (χ1v) is 10.4. The Hall–Kier alpha value is -0.0500. The maximum absolute atomic E-state index is 12.2. The van der Waals surface area contributed by atoms with Gasteiger partial charge in [-0.1, -0.05) is 20.3 Å². The number of hydrogen-bond acceptors (Lipinski definition) is 3. The number of rotatable bonds is 5. The van der Waals surface area contributed by atoms with Crippen LogP contribution in [-0.2, 0) is 9.84 Å². The zero-order valence-corrected chi connectivity index (χ0v) is 19.3. The quantitative estimate of drug-likeness (QED) is 0.378. The van der Waals surface area contributed by atoms with Crippen LogP contribution >= 0.6 is 24.0 Å². The summed E-state index contributed by atoms with van der Waals surface area (Å²) in [7, 11) is -1.33. The Bertz CT molecular complexity index is 510. The summed E-state index contributed by atoms with van der Waals surface area (Å²) >= 11 is 0. The van der Waals surface area contributed by atoms with Crippen LogP contribution in [0.4, 0.5) is 0 Å². The highest BCUT2D eigenvalue weighted by molar-refractivity contribution is 14.0. The third kappa shape index (κ3) is 6.69. The van der Waals surface area contributed by atoms with Crippen LogP contribution in [0.2, 0.25) is 0 Å². The smallest absolute Gasteiger partial charge is 0.193 e. The van der Waals surface area contributed by atoms with Crippen molar-refractivity contribution in [2.45, 2.75) is 65.0 Å². The summed E-state index contributed by atoms with van der Waals surface area (Å²) in [5.41, 5.74) is 0.335. The first kappa shape index (κ1) is 23.9. The van der Waals surface area contributed by atoms with Crippen LogP contribution in [0.25, 0.3) is 0 Å². The number of likely N-dealkylation sites (tertiary alicyclic amines) is 1. The van der Waals surface area contributed by atoms with Crippen LogP contribution in [0.3, 0.4) is 0 Å². The first-order chi connectivity index (χ1) is 10.5. The number of nitrogens with one attached hydrogen (secondary N) is 1. The number of sulfone groups is 1. The van der Waals surface area contributed by atoms with Gasteiger partial charge in [-0.2, -0.15) is 0 Å². The molecule has 1 aliphatic heterocycles. The van der Waals surface area contributed by atoms with Crippen LogP contribution < -0.4 is 5.32 Å². The minimum Gasteiger partial charge on any atom is -0.355 e. The van der Waals surface area contributed by atoms with Gasteiger partial charge in [-0.3, -0.25) is 4.99 Å². The van der Waals surface area contributed by atoms with E-state index in [1.54, 1.807) is 27.8 Å². The molecule has 0 aliphatic carbocycles. The van der Waals surface area contributed by atoms with E-state index in [2.05, 4.69) is 29.1 Å². The van der Waals surface area contributed by atoms with Gasteiger partial charge in [0, 0.05) is 26.7 Å². The average Bonchev–Trinajstić information content (AvgIpc) is 2.42. The van der Waals surface area contributed by atoms with Crippen molar-refractivity contribution < 1.29 is 8.42 Å². The van der Waals surface area contributed by atoms with Crippen molar-refractivity contribution in [2.24, 2.45) is 10.4 Å². The lowest BCUT2D eigenvalue weighted by Gasteiger charge is -2.42. The minimum atomic E-state index is -3.10. The van der Waals surface area contributed by atoms with Crippen LogP contribution in [-0.4, -0.2) is 56.5 Å². The summed E-state index contributed by atoms with van der Waals surface area (Å²) in [5, 5.41) is 3.24. The highest BCUT2D eigenvalue weighted by atomic mass is 127. The van der Waals surface area contributed by atoms with Gasteiger partial charge in [-0.15, -0.1) is 24.0 Å². The molecule has 1 unspecified atom stereocenters. The van der Waals surface area contributed by atoms with E-state index in [-0.39, 0.29) is 29.7 Å². The van der Waals surface area contributed by atoms with Gasteiger partial charge in [0.1, 0.15) is 0 Å². The van der Waals surface area contributed by atoms with Crippen LogP contribution in [0.5, 0.6) is 0 Å². The lowest BCUT2D eigenvalue weighted by molar-refractivity contribution is 0.143. The third-order valence-corrected chi connectivity index (χ3v) is 7.34. The van der Waals surface area contributed by atoms with Gasteiger partial charge in [0.25, 0.3) is 0 Å². The average molecular weight is 473 g/mol. The monoisotopic (exact) mass is 473 g/mol. The first-order valence-electron chi connectivity index (χ1n) is 8.72. The zero-order chi connectivity index (χ0) is 17.7. The molecule has 1 saturated heterocycles. The van der Waals surface area contributed by atoms with Crippen LogP contribution in [0.1, 0.15) is 60.3 Å². The molecule has 0 radical (unpaired) electrons. The lowest BCUT2D eigenvalue weighted by atomic mass is 9.78. The van der Waals surface area contributed by atoms with E-state index in [1.165, 1.54) is 19.3 Å². The number of guanidine groups is 1. The summed E-state index contributed by atoms with van der Waals surface area (Å²) < 4.78 is 23.7. The van der Waals surface area contributed by atoms with Crippen molar-refractivity contribution in [1.82, 2.24) is 10.2 Å². The summed E-state index contributed by atoms with van der Waals surface area (Å²) in [4.78, 5) is 6.64. The number of aliphatic imine (C=N–C) groups is 1. The van der Waals surface area contributed by atoms with Gasteiger partial charge in [0.2, 0.25) is 0 Å². The number of piperidine rings is 1. The Labute approximate surface area is 166 Å². The van der Waals surface area contributed by atoms with Gasteiger partial charge in [0.15, 0.2) is 15.8 Å². The van der Waals surface area contributed by atoms with E-state index in [9.17, 15) is 8.42 Å². The van der Waals surface area contributed by atoms with Crippen molar-refractivity contribution in [3.63, 3.8) is 0 Å². The van der Waals surface area contributed by atoms with Gasteiger partial charge in [-0.05, 0) is 45.4 Å². The van der Waals surface area contributed by atoms with E-state index in [4.69, 9.17) is 0 Å². The standard InChI is InChI=1S/C17H35N3O2S.HI/c1-7-9-17(5)10-8-12-20(14-17)15(18-6)19-11-13-23(21,22)16(2,3)4;/h7-14H2,1-6H3,(H,18,19);1H. The predicted octanol–water partition coefficient (Wildman–Crippen LogP) is 3.30. The molecule has 1 fully saturated rings. The zero-order valence-electron chi connectivity index (χ0n) is 16.2. The molecule has 0 aromatic carbocycles. The third-order valence-electron chi connectivity index (χ3n) is 4.73. The molecule has 0 bridgehead atoms. The second-order valence-electron chi connectivity index (χ2n) is 7.99. The molecular weight excluding hydrogens is 437 g/mol. The van der Waals surface area contributed by atoms with Crippen LogP contribution in [0.15, 0.2) is 4.99 Å². The SMILES string of the molecule is CCCC1(C)CCCN(C(=NC)NCCS(=O)(=O)C(C)(C)C)C1.I. The maximum atomic E-state index is 12.2. The lowest BCUT2D eigenvalue weighted by Crippen LogP contribution is -2.50. The number of nitrogens with zero attached hydrogens (tertiary/aromatic N) is 2. The summed E-state index contributed by atoms with van der Waals surface area (Å²) in [6, 6.07) is 0. The fourth-order valence-electron chi connectivity index (χ4n) is 3.24. The van der Waals surface area contributed by atoms with Gasteiger partial charge in [0.05, 0.1) is 10.5 Å². The highest BCUT2D eigenvalue weighted by Crippen LogP contribution is 2.33. The molecule has 1 rings (SSSR count). The fourth-order valence-corrected chi connectivity index (χ4v) is 4.22. The molecule has 144 valence electrons. The van der Waals surface area contributed by atoms with E-state index in [0.717, 1.165) is 25.5 Å². The Kier molecular flexibility index (Phi) is 9.57. The van der Waals surface area contributed by atoms with Crippen molar-refractivity contribution in [3.05, 3.63) is 0 Å². The molecule has 0 saturated carbocycles. The molecule has 1 atom stereocenters. The Morgan fingerprint density at radius 2 is 1.96 bits per heavy atom. The van der Waals surface area contributed by atoms with E-state index < -0.39 is 14.6 Å². The topological polar surface area (TPSA) is 61.8 Å². The fraction of sp³-hybridized carbons (Fsp3) is 0.941. The molecule has 1 aliphatic rings. The molecule has 0 aromatic rings. The number of hydrogen-bond donors (Lipinski definition) is 1. The number of halogens is 1. The van der Waals surface area contributed by atoms with E-state index in [1.807, 2.05) is 0 Å². The highest BCUT2D eigenvalue weighted by Gasteiger charge is 2.32. The molecule has 1 N–H and O–H groups in total. The summed E-state index contributed by atoms with van der Waals surface area (Å²) in [5.74, 6) is 0.964. The van der Waals surface area contributed by atoms with Crippen LogP contribution in [0, 0.1) is 5.41 Å². The molecule has 0 spiro atoms. The normalized spacial score (nSPS) is 22.9. The predicted molar refractivity (Wildman–Crippen MR) is 114 cm³/mol. The second-order valence-corrected chi connectivity index (χ2v) is 10.9. The molecular formula is C17H36IN3O2S. The van der Waals surface area contributed by atoms with Gasteiger partial charge >= 0.3 is 0 Å². The van der Waals surface area contributed by atoms with Crippen molar-refractivity contribution in [1.29, 1.82) is 0 Å². The largest absolute Gasteiger partial charge is 0.355 e. The Morgan fingerprint density at radius 3 is 2.46 bits per heavy atom. The van der Waals surface area contributed by atoms with Gasteiger partial charge in [-0.25, -0.2) is 8.42 Å².